The zero-order valence-electron chi connectivity index (χ0n) is 10.6. The van der Waals surface area contributed by atoms with Crippen molar-refractivity contribution in [3.8, 4) is 0 Å². The third-order valence-electron chi connectivity index (χ3n) is 2.02. The summed E-state index contributed by atoms with van der Waals surface area (Å²) < 4.78 is 0. The van der Waals surface area contributed by atoms with Gasteiger partial charge in [0.2, 0.25) is 0 Å². The summed E-state index contributed by atoms with van der Waals surface area (Å²) >= 11 is 0. The molecule has 0 radical (unpaired) electrons. The number of benzene rings is 1. The molecular formula is C14H23N. The summed E-state index contributed by atoms with van der Waals surface area (Å²) in [7, 11) is 2.11. The maximum absolute atomic E-state index is 2.25. The Kier molecular flexibility index (Phi) is 7.43. The molecule has 0 amide bonds. The lowest BCUT2D eigenvalue weighted by Gasteiger charge is -2.22. The minimum absolute atomic E-state index is 1.02. The number of hydrogen-bond acceptors (Lipinski definition) is 1. The van der Waals surface area contributed by atoms with Gasteiger partial charge in [-0.05, 0) is 11.6 Å². The van der Waals surface area contributed by atoms with Crippen LogP contribution < -0.4 is 4.90 Å². The van der Waals surface area contributed by atoms with Gasteiger partial charge in [-0.25, -0.2) is 0 Å². The lowest BCUT2D eigenvalue weighted by Crippen LogP contribution is -2.19. The number of likely N-dealkylation sites (N-methyl/N-ethyl adjacent to an activating group) is 1. The van der Waals surface area contributed by atoms with Crippen LogP contribution in [0.3, 0.4) is 0 Å². The van der Waals surface area contributed by atoms with E-state index in [0.717, 1.165) is 6.54 Å². The predicted octanol–water partition coefficient (Wildman–Crippen LogP) is 4.20. The standard InChI is InChI=1S/C10H11N.2C2H6/c1-11-8-4-6-9-5-2-3-7-10(9)11;2*1-2/h2-7H,8H2,1H3;2*1-2H3. The lowest BCUT2D eigenvalue weighted by atomic mass is 10.1. The van der Waals surface area contributed by atoms with E-state index in [0.29, 0.717) is 0 Å². The molecular weight excluding hydrogens is 182 g/mol. The van der Waals surface area contributed by atoms with Gasteiger partial charge in [0.25, 0.3) is 0 Å². The highest BCUT2D eigenvalue weighted by Gasteiger charge is 2.06. The summed E-state index contributed by atoms with van der Waals surface area (Å²) in [6, 6.07) is 8.44. The molecule has 1 aromatic rings. The Morgan fingerprint density at radius 2 is 1.60 bits per heavy atom. The summed E-state index contributed by atoms with van der Waals surface area (Å²) in [6.07, 6.45) is 4.36. The number of rotatable bonds is 0. The van der Waals surface area contributed by atoms with Crippen molar-refractivity contribution in [3.63, 3.8) is 0 Å². The van der Waals surface area contributed by atoms with Crippen molar-refractivity contribution >= 4 is 11.8 Å². The Bertz CT molecular complexity index is 289. The number of fused-ring (bicyclic) bond motifs is 1. The van der Waals surface area contributed by atoms with Crippen LogP contribution in [-0.2, 0) is 0 Å². The molecule has 0 saturated carbocycles. The maximum Gasteiger partial charge on any atom is 0.0439 e. The molecule has 0 fully saturated rings. The molecule has 0 spiro atoms. The maximum atomic E-state index is 2.25. The molecule has 0 atom stereocenters. The van der Waals surface area contributed by atoms with Gasteiger partial charge in [0.05, 0.1) is 0 Å². The Morgan fingerprint density at radius 3 is 2.20 bits per heavy atom. The molecule has 1 nitrogen and oxygen atoms in total. The van der Waals surface area contributed by atoms with Crippen LogP contribution in [0.25, 0.3) is 6.08 Å². The largest absolute Gasteiger partial charge is 0.370 e. The van der Waals surface area contributed by atoms with Crippen LogP contribution in [0.1, 0.15) is 33.3 Å². The normalized spacial score (nSPS) is 11.7. The average Bonchev–Trinajstić information content (AvgIpc) is 2.35. The van der Waals surface area contributed by atoms with Gasteiger partial charge in [-0.1, -0.05) is 58.0 Å². The van der Waals surface area contributed by atoms with Crippen LogP contribution in [0, 0.1) is 0 Å². The molecule has 15 heavy (non-hydrogen) atoms. The van der Waals surface area contributed by atoms with Crippen LogP contribution in [0.15, 0.2) is 30.3 Å². The summed E-state index contributed by atoms with van der Waals surface area (Å²) in [5.41, 5.74) is 2.65. The molecule has 0 aromatic heterocycles. The molecule has 1 heteroatoms. The monoisotopic (exact) mass is 205 g/mol. The van der Waals surface area contributed by atoms with Crippen molar-refractivity contribution in [2.75, 3.05) is 18.5 Å². The number of anilines is 1. The fourth-order valence-corrected chi connectivity index (χ4v) is 1.41. The van der Waals surface area contributed by atoms with Gasteiger partial charge < -0.3 is 4.90 Å². The molecule has 1 aliphatic heterocycles. The minimum atomic E-state index is 1.02. The fourth-order valence-electron chi connectivity index (χ4n) is 1.41. The first kappa shape index (κ1) is 13.8. The molecule has 0 N–H and O–H groups in total. The van der Waals surface area contributed by atoms with E-state index in [1.54, 1.807) is 0 Å². The van der Waals surface area contributed by atoms with Gasteiger partial charge in [0.1, 0.15) is 0 Å². The molecule has 0 unspecified atom stereocenters. The number of hydrogen-bond donors (Lipinski definition) is 0. The molecule has 1 heterocycles. The van der Waals surface area contributed by atoms with E-state index in [9.17, 15) is 0 Å². The van der Waals surface area contributed by atoms with Crippen molar-refractivity contribution in [1.82, 2.24) is 0 Å². The zero-order valence-corrected chi connectivity index (χ0v) is 10.6. The van der Waals surface area contributed by atoms with E-state index < -0.39 is 0 Å². The van der Waals surface area contributed by atoms with Gasteiger partial charge in [-0.2, -0.15) is 0 Å². The predicted molar refractivity (Wildman–Crippen MR) is 71.4 cm³/mol. The topological polar surface area (TPSA) is 3.24 Å². The Morgan fingerprint density at radius 1 is 1.00 bits per heavy atom. The van der Waals surface area contributed by atoms with Gasteiger partial charge >= 0.3 is 0 Å². The highest BCUT2D eigenvalue weighted by Crippen LogP contribution is 2.23. The summed E-state index contributed by atoms with van der Waals surface area (Å²) in [5, 5.41) is 0. The highest BCUT2D eigenvalue weighted by atomic mass is 15.1. The van der Waals surface area contributed by atoms with Gasteiger partial charge in [0, 0.05) is 19.3 Å². The summed E-state index contributed by atoms with van der Waals surface area (Å²) in [6.45, 7) is 9.02. The fraction of sp³-hybridized carbons (Fsp3) is 0.429. The van der Waals surface area contributed by atoms with Crippen molar-refractivity contribution < 1.29 is 0 Å². The summed E-state index contributed by atoms with van der Waals surface area (Å²) in [4.78, 5) is 2.25. The smallest absolute Gasteiger partial charge is 0.0439 e. The van der Waals surface area contributed by atoms with Crippen molar-refractivity contribution in [3.05, 3.63) is 35.9 Å². The third kappa shape index (κ3) is 3.78. The highest BCUT2D eigenvalue weighted by molar-refractivity contribution is 5.70. The zero-order chi connectivity index (χ0) is 11.7. The average molecular weight is 205 g/mol. The number of nitrogens with zero attached hydrogens (tertiary/aromatic N) is 1. The van der Waals surface area contributed by atoms with Crippen molar-refractivity contribution in [1.29, 1.82) is 0 Å². The first-order valence-corrected chi connectivity index (χ1v) is 5.84. The van der Waals surface area contributed by atoms with Gasteiger partial charge in [0.15, 0.2) is 0 Å². The van der Waals surface area contributed by atoms with Crippen LogP contribution in [0.5, 0.6) is 0 Å². The van der Waals surface area contributed by atoms with Crippen LogP contribution >= 0.6 is 0 Å². The van der Waals surface area contributed by atoms with E-state index in [4.69, 9.17) is 0 Å². The number of para-hydroxylation sites is 1. The van der Waals surface area contributed by atoms with Crippen LogP contribution in [0.2, 0.25) is 0 Å². The molecule has 1 aliphatic rings. The second kappa shape index (κ2) is 8.10. The Hall–Kier alpha value is -1.24. The second-order valence-corrected chi connectivity index (χ2v) is 2.84. The van der Waals surface area contributed by atoms with Crippen LogP contribution in [-0.4, -0.2) is 13.6 Å². The second-order valence-electron chi connectivity index (χ2n) is 2.84. The molecule has 84 valence electrons. The lowest BCUT2D eigenvalue weighted by molar-refractivity contribution is 1.02. The van der Waals surface area contributed by atoms with E-state index in [1.807, 2.05) is 27.7 Å². The van der Waals surface area contributed by atoms with E-state index >= 15 is 0 Å². The summed E-state index contributed by atoms with van der Waals surface area (Å²) in [5.74, 6) is 0. The minimum Gasteiger partial charge on any atom is -0.370 e. The molecule has 1 aromatic carbocycles. The Balaban J connectivity index is 0.000000442. The first-order chi connectivity index (χ1) is 7.38. The van der Waals surface area contributed by atoms with Crippen molar-refractivity contribution in [2.24, 2.45) is 0 Å². The quantitative estimate of drug-likeness (QED) is 0.613. The third-order valence-corrected chi connectivity index (χ3v) is 2.02. The van der Waals surface area contributed by atoms with Gasteiger partial charge in [-0.15, -0.1) is 0 Å². The van der Waals surface area contributed by atoms with Crippen molar-refractivity contribution in [2.45, 2.75) is 27.7 Å². The molecule has 0 saturated heterocycles. The first-order valence-electron chi connectivity index (χ1n) is 5.84. The van der Waals surface area contributed by atoms with Gasteiger partial charge in [-0.3, -0.25) is 0 Å². The van der Waals surface area contributed by atoms with E-state index in [1.165, 1.54) is 11.3 Å². The molecule has 0 bridgehead atoms. The molecule has 2 rings (SSSR count). The van der Waals surface area contributed by atoms with Crippen LogP contribution in [0.4, 0.5) is 5.69 Å². The van der Waals surface area contributed by atoms with E-state index in [2.05, 4.69) is 48.4 Å². The Labute approximate surface area is 94.4 Å². The molecule has 0 aliphatic carbocycles. The van der Waals surface area contributed by atoms with E-state index in [-0.39, 0.29) is 0 Å². The SMILES string of the molecule is CC.CC.CN1CC=Cc2ccccc21.